The van der Waals surface area contributed by atoms with Crippen molar-refractivity contribution in [1.29, 1.82) is 0 Å². The van der Waals surface area contributed by atoms with Crippen LogP contribution in [0.3, 0.4) is 0 Å². The summed E-state index contributed by atoms with van der Waals surface area (Å²) in [5.74, 6) is 0. The van der Waals surface area contributed by atoms with Crippen molar-refractivity contribution in [3.63, 3.8) is 0 Å². The Hall–Kier alpha value is 1.50. The van der Waals surface area contributed by atoms with Gasteiger partial charge in [0.05, 0.1) is 0 Å². The topological polar surface area (TPSA) is 0 Å². The molecule has 0 radical (unpaired) electrons. The van der Waals surface area contributed by atoms with Gasteiger partial charge >= 0.3 is 114 Å². The van der Waals surface area contributed by atoms with Crippen LogP contribution >= 0.6 is 31.9 Å². The van der Waals surface area contributed by atoms with E-state index in [-0.39, 0.29) is 0 Å². The zero-order valence-electron chi connectivity index (χ0n) is 9.03. The summed E-state index contributed by atoms with van der Waals surface area (Å²) in [4.78, 5) is 4.65. The van der Waals surface area contributed by atoms with Gasteiger partial charge in [-0.2, -0.15) is 0 Å². The van der Waals surface area contributed by atoms with Crippen molar-refractivity contribution < 1.29 is 0 Å². The fraction of sp³-hybridized carbons (Fsp3) is 0.600. The molecular weight excluding hydrogens is 431 g/mol. The van der Waals surface area contributed by atoms with Crippen molar-refractivity contribution in [2.75, 3.05) is 0 Å². The van der Waals surface area contributed by atoms with E-state index in [0.29, 0.717) is 19.2 Å². The molecule has 0 aliphatic carbocycles. The first kappa shape index (κ1) is 13.6. The number of halogens is 2. The summed E-state index contributed by atoms with van der Waals surface area (Å²) in [6.07, 6.45) is 0. The molecule has 0 saturated heterocycles. The summed E-state index contributed by atoms with van der Waals surface area (Å²) in [6.45, 7) is 9.58. The van der Waals surface area contributed by atoms with Gasteiger partial charge in [-0.05, 0) is 0 Å². The molecule has 80 valence electrons. The van der Waals surface area contributed by atoms with Crippen LogP contribution in [0.4, 0.5) is 0 Å². The summed E-state index contributed by atoms with van der Waals surface area (Å²) in [6, 6.07) is 0. The minimum atomic E-state index is -1.99. The van der Waals surface area contributed by atoms with E-state index < -0.39 is 13.3 Å². The molecule has 0 spiro atoms. The van der Waals surface area contributed by atoms with Gasteiger partial charge in [0.2, 0.25) is 0 Å². The molecule has 0 N–H and O–H groups in total. The molecular formula is C10H16Br2GeSe. The van der Waals surface area contributed by atoms with Gasteiger partial charge < -0.3 is 0 Å². The second-order valence-corrected chi connectivity index (χ2v) is 21.7. The maximum absolute atomic E-state index is 3.84. The van der Waals surface area contributed by atoms with E-state index in [9.17, 15) is 0 Å². The first-order valence-electron chi connectivity index (χ1n) is 4.74. The van der Waals surface area contributed by atoms with Crippen molar-refractivity contribution in [3.05, 3.63) is 16.6 Å². The summed E-state index contributed by atoms with van der Waals surface area (Å²) >= 11 is 5.99. The molecule has 0 amide bonds. The SMILES string of the molecule is C[CH2][Ge]1([C](C)(C)C)[C](Br)=C[Se]/[C]1=C\Br. The van der Waals surface area contributed by atoms with E-state index in [0.717, 1.165) is 0 Å². The molecule has 1 aliphatic heterocycles. The van der Waals surface area contributed by atoms with Crippen LogP contribution < -0.4 is 0 Å². The summed E-state index contributed by atoms with van der Waals surface area (Å²) in [7, 11) is 0. The molecule has 0 aromatic rings. The Morgan fingerprint density at radius 1 is 1.50 bits per heavy atom. The molecule has 1 aliphatic rings. The molecule has 1 rings (SSSR count). The predicted octanol–water partition coefficient (Wildman–Crippen LogP) is 4.52. The third-order valence-corrected chi connectivity index (χ3v) is 28.7. The van der Waals surface area contributed by atoms with E-state index in [1.54, 1.807) is 6.62 Å². The summed E-state index contributed by atoms with van der Waals surface area (Å²) in [5, 5.41) is 1.35. The minimum absolute atomic E-state index is 0.460. The standard InChI is InChI=1S/C10H16Br2GeSe/c1-5-13(10(2,3)4)8(12)7-14-9(13)6-11/h6-7H,5H2,1-4H3/b9-6-. The fourth-order valence-electron chi connectivity index (χ4n) is 2.15. The summed E-state index contributed by atoms with van der Waals surface area (Å²) < 4.78 is 3.76. The Bertz CT molecular complexity index is 291. The van der Waals surface area contributed by atoms with Gasteiger partial charge in [-0.1, -0.05) is 0 Å². The molecule has 1 unspecified atom stereocenters. The Morgan fingerprint density at radius 2 is 2.07 bits per heavy atom. The average Bonchev–Trinajstić information content (AvgIpc) is 2.41. The number of rotatable bonds is 1. The third-order valence-electron chi connectivity index (χ3n) is 3.03. The normalized spacial score (nSPS) is 31.0. The van der Waals surface area contributed by atoms with Gasteiger partial charge in [0, 0.05) is 0 Å². The van der Waals surface area contributed by atoms with E-state index >= 15 is 0 Å². The van der Waals surface area contributed by atoms with Gasteiger partial charge in [0.25, 0.3) is 0 Å². The van der Waals surface area contributed by atoms with Crippen LogP contribution in [0.1, 0.15) is 27.7 Å². The van der Waals surface area contributed by atoms with Crippen molar-refractivity contribution in [2.24, 2.45) is 0 Å². The molecule has 0 aromatic heterocycles. The fourth-order valence-corrected chi connectivity index (χ4v) is 33.2. The molecule has 0 aromatic carbocycles. The molecule has 1 heterocycles. The van der Waals surface area contributed by atoms with Crippen LogP contribution in [0.5, 0.6) is 0 Å². The number of hydrogen-bond acceptors (Lipinski definition) is 0. The zero-order valence-corrected chi connectivity index (χ0v) is 16.0. The first-order valence-corrected chi connectivity index (χ1v) is 12.9. The number of hydrogen-bond donors (Lipinski definition) is 0. The van der Waals surface area contributed by atoms with Gasteiger partial charge in [-0.25, -0.2) is 0 Å². The zero-order chi connectivity index (χ0) is 11.0. The molecule has 0 saturated carbocycles. The Labute approximate surface area is 113 Å². The Morgan fingerprint density at radius 3 is 2.36 bits per heavy atom. The van der Waals surface area contributed by atoms with E-state index in [2.05, 4.69) is 69.5 Å². The first-order chi connectivity index (χ1) is 6.40. The molecule has 4 heteroatoms. The molecule has 0 bridgehead atoms. The van der Waals surface area contributed by atoms with Crippen molar-refractivity contribution >= 4 is 60.1 Å². The maximum atomic E-state index is 3.84. The van der Waals surface area contributed by atoms with E-state index in [4.69, 9.17) is 0 Å². The van der Waals surface area contributed by atoms with Crippen molar-refractivity contribution in [3.8, 4) is 0 Å². The quantitative estimate of drug-likeness (QED) is 0.519. The van der Waals surface area contributed by atoms with Crippen molar-refractivity contribution in [1.82, 2.24) is 0 Å². The Kier molecular flexibility index (Phi) is 4.64. The average molecular weight is 448 g/mol. The predicted molar refractivity (Wildman–Crippen MR) is 75.7 cm³/mol. The van der Waals surface area contributed by atoms with Gasteiger partial charge in [-0.15, -0.1) is 0 Å². The second-order valence-electron chi connectivity index (χ2n) is 4.57. The van der Waals surface area contributed by atoms with Crippen LogP contribution in [0.2, 0.25) is 9.50 Å². The Balaban J connectivity index is 3.27. The molecule has 0 nitrogen and oxygen atoms in total. The van der Waals surface area contributed by atoms with Gasteiger partial charge in [0.1, 0.15) is 0 Å². The monoisotopic (exact) mass is 448 g/mol. The van der Waals surface area contributed by atoms with E-state index in [1.165, 1.54) is 5.25 Å². The third kappa shape index (κ3) is 2.00. The second kappa shape index (κ2) is 4.79. The van der Waals surface area contributed by atoms with Crippen LogP contribution in [0.15, 0.2) is 16.6 Å². The molecule has 0 fully saturated rings. The van der Waals surface area contributed by atoms with Crippen LogP contribution in [0, 0.1) is 0 Å². The van der Waals surface area contributed by atoms with Crippen LogP contribution in [-0.2, 0) is 0 Å². The van der Waals surface area contributed by atoms with Crippen molar-refractivity contribution in [2.45, 2.75) is 37.2 Å². The van der Waals surface area contributed by atoms with E-state index in [1.807, 2.05) is 0 Å². The molecule has 14 heavy (non-hydrogen) atoms. The van der Waals surface area contributed by atoms with Crippen LogP contribution in [-0.4, -0.2) is 28.2 Å². The summed E-state index contributed by atoms with van der Waals surface area (Å²) in [5.41, 5.74) is 0. The van der Waals surface area contributed by atoms with Gasteiger partial charge in [0.15, 0.2) is 0 Å². The van der Waals surface area contributed by atoms with Crippen LogP contribution in [0.25, 0.3) is 0 Å². The molecule has 1 atom stereocenters. The van der Waals surface area contributed by atoms with Gasteiger partial charge in [-0.3, -0.25) is 0 Å².